The number of hydrogen-bond donors (Lipinski definition) is 2. The first-order valence-corrected chi connectivity index (χ1v) is 7.30. The Labute approximate surface area is 135 Å². The lowest BCUT2D eigenvalue weighted by molar-refractivity contribution is -0.0800. The van der Waals surface area contributed by atoms with Crippen molar-refractivity contribution in [1.29, 1.82) is 5.26 Å². The predicted molar refractivity (Wildman–Crippen MR) is 88.3 cm³/mol. The fourth-order valence-corrected chi connectivity index (χ4v) is 2.84. The standard InChI is InChI=1S/C16H19N3O2S/c1-4-7-19(15(18)22)13-11-8-10(9-17)5-6-12(11)21-16(2,3)14(13)20/h4-6,8,13-14,20H,1,7H2,2-3H3,(H2,18,22)/t13-,14+/m0/s1. The summed E-state index contributed by atoms with van der Waals surface area (Å²) in [6.45, 7) is 7.71. The molecule has 116 valence electrons. The van der Waals surface area contributed by atoms with Crippen LogP contribution >= 0.6 is 12.2 Å². The summed E-state index contributed by atoms with van der Waals surface area (Å²) in [6, 6.07) is 6.72. The van der Waals surface area contributed by atoms with Gasteiger partial charge in [-0.15, -0.1) is 6.58 Å². The molecule has 0 radical (unpaired) electrons. The van der Waals surface area contributed by atoms with Gasteiger partial charge in [0.05, 0.1) is 17.7 Å². The summed E-state index contributed by atoms with van der Waals surface area (Å²) < 4.78 is 5.87. The van der Waals surface area contributed by atoms with Gasteiger partial charge in [-0.2, -0.15) is 5.26 Å². The van der Waals surface area contributed by atoms with Gasteiger partial charge >= 0.3 is 0 Å². The van der Waals surface area contributed by atoms with Gasteiger partial charge in [-0.25, -0.2) is 0 Å². The fraction of sp³-hybridized carbons (Fsp3) is 0.375. The van der Waals surface area contributed by atoms with Gasteiger partial charge in [0.2, 0.25) is 0 Å². The van der Waals surface area contributed by atoms with Crippen molar-refractivity contribution in [3.63, 3.8) is 0 Å². The molecule has 0 spiro atoms. The SMILES string of the molecule is C=CCN(C(N)=S)[C@H]1c2cc(C#N)ccc2OC(C)(C)[C@@H]1O. The lowest BCUT2D eigenvalue weighted by Gasteiger charge is -2.46. The van der Waals surface area contributed by atoms with Crippen molar-refractivity contribution in [3.8, 4) is 11.8 Å². The third kappa shape index (κ3) is 2.78. The summed E-state index contributed by atoms with van der Waals surface area (Å²) in [5.74, 6) is 0.615. The summed E-state index contributed by atoms with van der Waals surface area (Å²) in [5, 5.41) is 20.0. The lowest BCUT2D eigenvalue weighted by atomic mass is 9.85. The second kappa shape index (κ2) is 5.95. The first-order chi connectivity index (χ1) is 10.3. The number of rotatable bonds is 3. The largest absolute Gasteiger partial charge is 0.485 e. The normalized spacial score (nSPS) is 21.9. The van der Waals surface area contributed by atoms with Gasteiger partial charge in [-0.3, -0.25) is 0 Å². The number of thiocarbonyl (C=S) groups is 1. The van der Waals surface area contributed by atoms with Crippen molar-refractivity contribution < 1.29 is 9.84 Å². The van der Waals surface area contributed by atoms with Gasteiger partial charge in [-0.05, 0) is 44.3 Å². The maximum Gasteiger partial charge on any atom is 0.167 e. The molecule has 0 bridgehead atoms. The zero-order valence-corrected chi connectivity index (χ0v) is 13.4. The minimum Gasteiger partial charge on any atom is -0.485 e. The van der Waals surface area contributed by atoms with Crippen LogP contribution in [0.25, 0.3) is 0 Å². The molecule has 2 atom stereocenters. The molecule has 0 aliphatic carbocycles. The van der Waals surface area contributed by atoms with Crippen LogP contribution in [0.2, 0.25) is 0 Å². The summed E-state index contributed by atoms with van der Waals surface area (Å²) in [7, 11) is 0. The molecular formula is C16H19N3O2S. The molecule has 5 nitrogen and oxygen atoms in total. The average Bonchev–Trinajstić information content (AvgIpc) is 2.46. The quantitative estimate of drug-likeness (QED) is 0.654. The van der Waals surface area contributed by atoms with E-state index in [1.54, 1.807) is 43.0 Å². The van der Waals surface area contributed by atoms with Gasteiger partial charge in [0.1, 0.15) is 17.5 Å². The molecule has 0 saturated heterocycles. The maximum absolute atomic E-state index is 10.8. The first kappa shape index (κ1) is 16.3. The van der Waals surface area contributed by atoms with Crippen LogP contribution in [0.4, 0.5) is 0 Å². The van der Waals surface area contributed by atoms with Crippen LogP contribution in [0.3, 0.4) is 0 Å². The van der Waals surface area contributed by atoms with E-state index in [0.717, 1.165) is 0 Å². The van der Waals surface area contributed by atoms with Crippen molar-refractivity contribution in [2.24, 2.45) is 5.73 Å². The molecule has 0 aromatic heterocycles. The van der Waals surface area contributed by atoms with E-state index in [-0.39, 0.29) is 5.11 Å². The Morgan fingerprint density at radius 3 is 2.86 bits per heavy atom. The summed E-state index contributed by atoms with van der Waals surface area (Å²) >= 11 is 5.12. The van der Waals surface area contributed by atoms with Crippen LogP contribution < -0.4 is 10.5 Å². The van der Waals surface area contributed by atoms with E-state index in [2.05, 4.69) is 12.6 Å². The minimum atomic E-state index is -0.865. The second-order valence-electron chi connectivity index (χ2n) is 5.74. The summed E-state index contributed by atoms with van der Waals surface area (Å²) in [5.41, 5.74) is 6.20. The van der Waals surface area contributed by atoms with Crippen molar-refractivity contribution in [1.82, 2.24) is 4.90 Å². The van der Waals surface area contributed by atoms with Gasteiger partial charge in [0.15, 0.2) is 5.11 Å². The Kier molecular flexibility index (Phi) is 4.40. The predicted octanol–water partition coefficient (Wildman–Crippen LogP) is 1.86. The molecular weight excluding hydrogens is 298 g/mol. The Morgan fingerprint density at radius 1 is 1.64 bits per heavy atom. The number of nitrogens with zero attached hydrogens (tertiary/aromatic N) is 2. The van der Waals surface area contributed by atoms with Gasteiger partial charge in [-0.1, -0.05) is 6.08 Å². The minimum absolute atomic E-state index is 0.162. The molecule has 1 aromatic rings. The molecule has 3 N–H and O–H groups in total. The van der Waals surface area contributed by atoms with Crippen molar-refractivity contribution in [2.75, 3.05) is 6.54 Å². The van der Waals surface area contributed by atoms with Crippen LogP contribution in [-0.2, 0) is 0 Å². The van der Waals surface area contributed by atoms with E-state index in [1.165, 1.54) is 0 Å². The molecule has 0 unspecified atom stereocenters. The lowest BCUT2D eigenvalue weighted by Crippen LogP contribution is -2.55. The van der Waals surface area contributed by atoms with Crippen LogP contribution in [0.1, 0.15) is 31.0 Å². The Bertz CT molecular complexity index is 651. The first-order valence-electron chi connectivity index (χ1n) is 6.90. The number of aliphatic hydroxyl groups excluding tert-OH is 1. The molecule has 22 heavy (non-hydrogen) atoms. The molecule has 1 aliphatic heterocycles. The highest BCUT2D eigenvalue weighted by Gasteiger charge is 2.45. The molecule has 6 heteroatoms. The Balaban J connectivity index is 2.62. The number of hydrogen-bond acceptors (Lipinski definition) is 4. The number of fused-ring (bicyclic) bond motifs is 1. The molecule has 1 aliphatic rings. The Hall–Kier alpha value is -2.10. The summed E-state index contributed by atoms with van der Waals surface area (Å²) in [6.07, 6.45) is 0.803. The highest BCUT2D eigenvalue weighted by atomic mass is 32.1. The topological polar surface area (TPSA) is 82.5 Å². The second-order valence-corrected chi connectivity index (χ2v) is 6.16. The van der Waals surface area contributed by atoms with Crippen LogP contribution in [0.5, 0.6) is 5.75 Å². The number of aliphatic hydroxyl groups is 1. The Morgan fingerprint density at radius 2 is 2.32 bits per heavy atom. The molecule has 0 saturated carbocycles. The molecule has 1 aromatic carbocycles. The van der Waals surface area contributed by atoms with Crippen LogP contribution in [0, 0.1) is 11.3 Å². The third-order valence-electron chi connectivity index (χ3n) is 3.79. The molecule has 1 heterocycles. The fourth-order valence-electron chi connectivity index (χ4n) is 2.65. The van der Waals surface area contributed by atoms with Crippen LogP contribution in [-0.4, -0.2) is 33.4 Å². The van der Waals surface area contributed by atoms with Gasteiger partial charge in [0, 0.05) is 12.1 Å². The van der Waals surface area contributed by atoms with E-state index in [9.17, 15) is 5.11 Å². The summed E-state index contributed by atoms with van der Waals surface area (Å²) in [4.78, 5) is 1.69. The van der Waals surface area contributed by atoms with Crippen LogP contribution in [0.15, 0.2) is 30.9 Å². The monoisotopic (exact) mass is 317 g/mol. The number of nitriles is 1. The molecule has 0 fully saturated rings. The molecule has 0 amide bonds. The number of nitrogens with two attached hydrogens (primary N) is 1. The van der Waals surface area contributed by atoms with Gasteiger partial charge in [0.25, 0.3) is 0 Å². The zero-order valence-electron chi connectivity index (χ0n) is 12.6. The van der Waals surface area contributed by atoms with E-state index < -0.39 is 17.7 Å². The number of benzene rings is 1. The van der Waals surface area contributed by atoms with E-state index in [4.69, 9.17) is 28.0 Å². The molecule has 2 rings (SSSR count). The van der Waals surface area contributed by atoms with Gasteiger partial charge < -0.3 is 20.5 Å². The number of ether oxygens (including phenoxy) is 1. The third-order valence-corrected chi connectivity index (χ3v) is 4.02. The van der Waals surface area contributed by atoms with Crippen molar-refractivity contribution in [2.45, 2.75) is 31.6 Å². The van der Waals surface area contributed by atoms with E-state index in [0.29, 0.717) is 23.4 Å². The van der Waals surface area contributed by atoms with E-state index in [1.807, 2.05) is 0 Å². The van der Waals surface area contributed by atoms with Crippen molar-refractivity contribution in [3.05, 3.63) is 42.0 Å². The highest BCUT2D eigenvalue weighted by Crippen LogP contribution is 2.43. The zero-order chi connectivity index (χ0) is 16.5. The maximum atomic E-state index is 10.8. The average molecular weight is 317 g/mol. The van der Waals surface area contributed by atoms with Crippen molar-refractivity contribution >= 4 is 17.3 Å². The smallest absolute Gasteiger partial charge is 0.167 e. The van der Waals surface area contributed by atoms with E-state index >= 15 is 0 Å². The highest BCUT2D eigenvalue weighted by molar-refractivity contribution is 7.80.